The van der Waals surface area contributed by atoms with Crippen molar-refractivity contribution in [3.8, 4) is 101 Å². The second kappa shape index (κ2) is 41.6. The van der Waals surface area contributed by atoms with Crippen LogP contribution in [0.1, 0.15) is 56.4 Å². The van der Waals surface area contributed by atoms with Crippen molar-refractivity contribution >= 4 is 0 Å². The average molecular weight is 2030 g/mol. The van der Waals surface area contributed by atoms with E-state index in [1.54, 1.807) is 23.3 Å². The maximum Gasteiger partial charge on any atom is 0.0600 e. The summed E-state index contributed by atoms with van der Waals surface area (Å²) in [6.07, 6.45) is 11.1. The molecule has 115 heavy (non-hydrogen) atoms. The Balaban J connectivity index is 0.000000149. The van der Waals surface area contributed by atoms with Crippen LogP contribution < -0.4 is 0 Å². The van der Waals surface area contributed by atoms with Crippen LogP contribution in [-0.4, -0.2) is 58.7 Å². The summed E-state index contributed by atoms with van der Waals surface area (Å²) in [6, 6.07) is 123. The van der Waals surface area contributed by atoms with E-state index in [-0.39, 0.29) is 60.3 Å². The Morgan fingerprint density at radius 3 is 0.765 bits per heavy atom. The fraction of sp³-hybridized carbons (Fsp3) is 0.100. The first-order chi connectivity index (χ1) is 54.7. The predicted octanol–water partition coefficient (Wildman–Crippen LogP) is 23.1. The van der Waals surface area contributed by atoms with Crippen molar-refractivity contribution in [2.45, 2.75) is 69.2 Å². The summed E-state index contributed by atoms with van der Waals surface area (Å²) >= 11 is 0. The minimum Gasteiger partial charge on any atom is -0.266 e. The third kappa shape index (κ3) is 22.4. The Bertz CT molecular complexity index is 5620. The summed E-state index contributed by atoms with van der Waals surface area (Å²) in [5.41, 5.74) is 32.2. The molecule has 0 aliphatic carbocycles. The van der Waals surface area contributed by atoms with Crippen molar-refractivity contribution < 1.29 is 60.3 Å². The number of nitrogens with zero attached hydrogens (tertiary/aromatic N) is 12. The zero-order valence-corrected chi connectivity index (χ0v) is 72.9. The second-order valence-electron chi connectivity index (χ2n) is 27.1. The van der Waals surface area contributed by atoms with Crippen molar-refractivity contribution in [1.82, 2.24) is 58.7 Å². The molecule has 18 aromatic rings. The Kier molecular flexibility index (Phi) is 30.8. The summed E-state index contributed by atoms with van der Waals surface area (Å²) in [7, 11) is 0. The van der Waals surface area contributed by atoms with E-state index in [1.807, 2.05) is 180 Å². The fourth-order valence-electron chi connectivity index (χ4n) is 13.5. The summed E-state index contributed by atoms with van der Waals surface area (Å²) < 4.78 is 11.1. The third-order valence-corrected chi connectivity index (χ3v) is 18.6. The zero-order chi connectivity index (χ0) is 77.7. The molecule has 0 N–H and O–H groups in total. The first-order valence-corrected chi connectivity index (χ1v) is 37.2. The van der Waals surface area contributed by atoms with Crippen molar-refractivity contribution in [2.75, 3.05) is 0 Å². The van der Waals surface area contributed by atoms with E-state index >= 15 is 0 Å². The Labute approximate surface area is 716 Å². The molecule has 0 aliphatic heterocycles. The molecule has 0 spiro atoms. The monoisotopic (exact) mass is 2030 g/mol. The second-order valence-corrected chi connectivity index (χ2v) is 27.1. The molecule has 0 saturated heterocycles. The van der Waals surface area contributed by atoms with Gasteiger partial charge in [0, 0.05) is 115 Å². The van der Waals surface area contributed by atoms with Crippen LogP contribution in [-0.2, 0) is 60.3 Å². The van der Waals surface area contributed by atoms with Crippen molar-refractivity contribution in [3.05, 3.63) is 433 Å². The van der Waals surface area contributed by atoms with E-state index in [0.717, 1.165) is 73.9 Å². The molecule has 3 radical (unpaired) electrons. The minimum absolute atomic E-state index is 0. The zero-order valence-electron chi connectivity index (χ0n) is 65.7. The molecule has 12 aromatic carbocycles. The molecule has 579 valence electrons. The molecule has 6 aromatic heterocycles. The number of para-hydroxylation sites is 3. The molecule has 0 aliphatic rings. The van der Waals surface area contributed by atoms with Crippen LogP contribution in [0.15, 0.2) is 340 Å². The molecule has 0 fully saturated rings. The van der Waals surface area contributed by atoms with E-state index in [0.29, 0.717) is 0 Å². The van der Waals surface area contributed by atoms with Gasteiger partial charge in [-0.2, -0.15) is 158 Å². The maximum atomic E-state index is 4.51. The molecule has 0 amide bonds. The van der Waals surface area contributed by atoms with E-state index in [4.69, 9.17) is 0 Å². The number of aryl methyl sites for hydroxylation is 10. The van der Waals surface area contributed by atoms with Crippen LogP contribution in [0.4, 0.5) is 0 Å². The molecule has 0 unspecified atom stereocenters. The first-order valence-electron chi connectivity index (χ1n) is 37.2. The predicted molar refractivity (Wildman–Crippen MR) is 454 cm³/mol. The molecule has 12 nitrogen and oxygen atoms in total. The average Bonchev–Trinajstić information content (AvgIpc) is 1.37. The smallest absolute Gasteiger partial charge is 0.0600 e. The molecule has 6 heterocycles. The SMILES string of the molecule is Cc1cc(-c2ccccc2)cc(C)c1-c1c[c-]c(-n2cccn2)cc1.Cc1cc(-c2ccccc2)cc(C)c1-c1c[c-]c(-n2cccn2)cc1.Cc1cc(C)n(-c2[c-]cc(-c3ccc(-c4ccccc4)cc3)cc2)n1.Cc1cc(C)n(-c2[c-]cccc2)n1.Cc1cc(C)n(-c2[c-]cccc2)n1.[Ir].[Ir].[Ir].[c-]1ccccc1-n1cccn1. The number of hydrogen-bond acceptors (Lipinski definition) is 6. The maximum absolute atomic E-state index is 4.51. The first kappa shape index (κ1) is 85.3. The van der Waals surface area contributed by atoms with E-state index < -0.39 is 0 Å². The number of rotatable bonds is 12. The van der Waals surface area contributed by atoms with Gasteiger partial charge in [0.15, 0.2) is 0 Å². The van der Waals surface area contributed by atoms with Gasteiger partial charge in [-0.05, 0) is 173 Å². The van der Waals surface area contributed by atoms with Gasteiger partial charge in [0.05, 0.1) is 17.1 Å². The van der Waals surface area contributed by atoms with Crippen LogP contribution in [0.2, 0.25) is 0 Å². The quantitative estimate of drug-likeness (QED) is 0.113. The Morgan fingerprint density at radius 2 is 0.487 bits per heavy atom. The van der Waals surface area contributed by atoms with Crippen LogP contribution in [0.25, 0.3) is 101 Å². The van der Waals surface area contributed by atoms with E-state index in [2.05, 4.69) is 302 Å². The topological polar surface area (TPSA) is 107 Å². The van der Waals surface area contributed by atoms with Crippen LogP contribution in [0, 0.1) is 106 Å². The Morgan fingerprint density at radius 1 is 0.226 bits per heavy atom. The van der Waals surface area contributed by atoms with Gasteiger partial charge in [0.25, 0.3) is 0 Å². The van der Waals surface area contributed by atoms with Crippen molar-refractivity contribution in [1.29, 1.82) is 0 Å². The van der Waals surface area contributed by atoms with Gasteiger partial charge >= 0.3 is 0 Å². The van der Waals surface area contributed by atoms with E-state index in [9.17, 15) is 0 Å². The molecular formula is C100H86Ir3N12-6. The molecule has 0 bridgehead atoms. The van der Waals surface area contributed by atoms with Gasteiger partial charge in [-0.25, -0.2) is 0 Å². The van der Waals surface area contributed by atoms with Crippen molar-refractivity contribution in [3.63, 3.8) is 0 Å². The summed E-state index contributed by atoms with van der Waals surface area (Å²) in [5, 5.41) is 25.8. The number of aromatic nitrogens is 12. The molecule has 0 atom stereocenters. The van der Waals surface area contributed by atoms with Crippen LogP contribution in [0.5, 0.6) is 0 Å². The van der Waals surface area contributed by atoms with E-state index in [1.165, 1.54) is 83.5 Å². The number of hydrogen-bond donors (Lipinski definition) is 0. The van der Waals surface area contributed by atoms with Gasteiger partial charge in [0.1, 0.15) is 0 Å². The summed E-state index contributed by atoms with van der Waals surface area (Å²) in [4.78, 5) is 0. The fourth-order valence-corrected chi connectivity index (χ4v) is 13.5. The minimum atomic E-state index is 0. The van der Waals surface area contributed by atoms with Gasteiger partial charge in [-0.1, -0.05) is 178 Å². The summed E-state index contributed by atoms with van der Waals surface area (Å²) in [5.74, 6) is 0. The van der Waals surface area contributed by atoms with Gasteiger partial charge in [0.2, 0.25) is 0 Å². The molecule has 18 rings (SSSR count). The van der Waals surface area contributed by atoms with Crippen LogP contribution >= 0.6 is 0 Å². The normalized spacial score (nSPS) is 10.3. The van der Waals surface area contributed by atoms with Gasteiger partial charge in [-0.15, -0.1) is 53.1 Å². The summed E-state index contributed by atoms with van der Waals surface area (Å²) in [6.45, 7) is 20.8. The molecule has 15 heteroatoms. The van der Waals surface area contributed by atoms with Gasteiger partial charge in [-0.3, -0.25) is 28.1 Å². The van der Waals surface area contributed by atoms with Gasteiger partial charge < -0.3 is 0 Å². The molecule has 0 saturated carbocycles. The largest absolute Gasteiger partial charge is 0.266 e. The Hall–Kier alpha value is -12.2. The number of benzene rings is 12. The third-order valence-electron chi connectivity index (χ3n) is 18.6. The standard InChI is InChI=1S/3C23H19N2.2C11H11N2.C9H7N2.3Ir/c2*1-17-15-21(19-7-4-3-5-8-19)16-18(2)23(17)20-9-11-22(12-10-20)25-14-6-13-24-25;1-17-16-18(2)25(24-17)23-14-12-22(13-15-23)21-10-8-20(9-11-21)19-6-4-3-5-7-19;2*1-9-8-10(2)13(12-9)11-6-4-3-5-7-11;1-2-5-9(6-3-1)11-8-4-7-10-11;;;/h2*3-11,13-16H,1-2H3;3-14,16H,1-2H3;2*3-6,8H,1-2H3;1-5,7-8H;;;/q6*-1;;;. The van der Waals surface area contributed by atoms with Crippen molar-refractivity contribution in [2.24, 2.45) is 0 Å². The van der Waals surface area contributed by atoms with Crippen LogP contribution in [0.3, 0.4) is 0 Å². The molecular weight excluding hydrogens is 1950 g/mol.